The van der Waals surface area contributed by atoms with Crippen LogP contribution in [-0.2, 0) is 4.74 Å². The van der Waals surface area contributed by atoms with Crippen LogP contribution in [-0.4, -0.2) is 36.2 Å². The Kier molecular flexibility index (Phi) is 3.72. The van der Waals surface area contributed by atoms with Gasteiger partial charge in [0, 0.05) is 12.1 Å². The van der Waals surface area contributed by atoms with Crippen LogP contribution < -0.4 is 0 Å². The molecule has 1 aliphatic carbocycles. The number of fused-ring (bicyclic) bond motifs is 4. The number of morpholine rings is 1. The molecule has 3 aliphatic rings. The van der Waals surface area contributed by atoms with Crippen molar-refractivity contribution < 1.29 is 4.74 Å². The van der Waals surface area contributed by atoms with Gasteiger partial charge in [0.2, 0.25) is 0 Å². The standard InChI is InChI=1S/C17H23NO/c1-3-13(2)18-15-10-14-8-6-4-5-7-9-16(14)17(18)12-19-11-15/h4-9,13,15,17H,3,10-12H2,1-2H3/b5-4?,6-4-,7-5-,8-6?,9-7?,14-8?,16-9?. The summed E-state index contributed by atoms with van der Waals surface area (Å²) in [5.41, 5.74) is 2.95. The summed E-state index contributed by atoms with van der Waals surface area (Å²) in [7, 11) is 0. The van der Waals surface area contributed by atoms with Crippen LogP contribution >= 0.6 is 0 Å². The van der Waals surface area contributed by atoms with Gasteiger partial charge in [-0.25, -0.2) is 0 Å². The van der Waals surface area contributed by atoms with E-state index in [4.69, 9.17) is 4.74 Å². The first-order valence-corrected chi connectivity index (χ1v) is 7.41. The highest BCUT2D eigenvalue weighted by Crippen LogP contribution is 2.37. The molecule has 0 radical (unpaired) electrons. The van der Waals surface area contributed by atoms with Gasteiger partial charge in [0.25, 0.3) is 0 Å². The zero-order valence-corrected chi connectivity index (χ0v) is 11.9. The lowest BCUT2D eigenvalue weighted by atomic mass is 9.82. The summed E-state index contributed by atoms with van der Waals surface area (Å²) in [6.45, 7) is 6.34. The average Bonchev–Trinajstić information content (AvgIpc) is 2.40. The van der Waals surface area contributed by atoms with Gasteiger partial charge in [-0.2, -0.15) is 0 Å². The second-order valence-corrected chi connectivity index (χ2v) is 5.70. The van der Waals surface area contributed by atoms with Crippen molar-refractivity contribution in [3.63, 3.8) is 0 Å². The Balaban J connectivity index is 1.97. The van der Waals surface area contributed by atoms with Gasteiger partial charge in [-0.1, -0.05) is 43.4 Å². The summed E-state index contributed by atoms with van der Waals surface area (Å²) in [6.07, 6.45) is 15.4. The third kappa shape index (κ3) is 2.35. The Morgan fingerprint density at radius 3 is 2.79 bits per heavy atom. The maximum absolute atomic E-state index is 5.83. The number of allylic oxidation sites excluding steroid dienone is 6. The fourth-order valence-corrected chi connectivity index (χ4v) is 3.46. The lowest BCUT2D eigenvalue weighted by molar-refractivity contribution is -0.0630. The van der Waals surface area contributed by atoms with E-state index < -0.39 is 0 Å². The summed E-state index contributed by atoms with van der Waals surface area (Å²) in [5, 5.41) is 0. The molecule has 2 heteroatoms. The van der Waals surface area contributed by atoms with Crippen LogP contribution in [0.15, 0.2) is 47.6 Å². The van der Waals surface area contributed by atoms with E-state index in [0.717, 1.165) is 19.6 Å². The Hall–Kier alpha value is -1.12. The Bertz CT molecular complexity index is 458. The number of hydrogen-bond acceptors (Lipinski definition) is 2. The zero-order valence-electron chi connectivity index (χ0n) is 11.9. The molecule has 19 heavy (non-hydrogen) atoms. The zero-order chi connectivity index (χ0) is 13.2. The van der Waals surface area contributed by atoms with Crippen molar-refractivity contribution in [2.75, 3.05) is 13.2 Å². The summed E-state index contributed by atoms with van der Waals surface area (Å²) in [4.78, 5) is 2.69. The molecule has 3 atom stereocenters. The van der Waals surface area contributed by atoms with E-state index in [1.807, 2.05) is 0 Å². The van der Waals surface area contributed by atoms with E-state index in [0.29, 0.717) is 18.1 Å². The number of ether oxygens (including phenoxy) is 1. The second kappa shape index (κ2) is 5.48. The van der Waals surface area contributed by atoms with E-state index in [2.05, 4.69) is 55.2 Å². The number of piperidine rings is 1. The number of nitrogens with zero attached hydrogens (tertiary/aromatic N) is 1. The van der Waals surface area contributed by atoms with Crippen molar-refractivity contribution in [2.45, 2.75) is 44.8 Å². The highest BCUT2D eigenvalue weighted by Gasteiger charge is 2.41. The van der Waals surface area contributed by atoms with E-state index in [1.54, 1.807) is 0 Å². The number of rotatable bonds is 2. The van der Waals surface area contributed by atoms with E-state index in [9.17, 15) is 0 Å². The molecule has 0 aromatic rings. The molecule has 102 valence electrons. The van der Waals surface area contributed by atoms with Gasteiger partial charge in [-0.05, 0) is 30.9 Å². The molecule has 2 saturated heterocycles. The molecule has 3 unspecified atom stereocenters. The van der Waals surface area contributed by atoms with Crippen molar-refractivity contribution in [2.24, 2.45) is 0 Å². The van der Waals surface area contributed by atoms with Gasteiger partial charge in [0.05, 0.1) is 19.3 Å². The molecule has 2 aliphatic heterocycles. The molecule has 0 N–H and O–H groups in total. The largest absolute Gasteiger partial charge is 0.378 e. The monoisotopic (exact) mass is 257 g/mol. The SMILES string of the molecule is CCC(C)N1C2COCC1C1=C/C=C\C=C/C=C1C2. The minimum Gasteiger partial charge on any atom is -0.378 e. The average molecular weight is 257 g/mol. The molecule has 2 fully saturated rings. The fourth-order valence-electron chi connectivity index (χ4n) is 3.46. The van der Waals surface area contributed by atoms with E-state index in [1.165, 1.54) is 17.6 Å². The van der Waals surface area contributed by atoms with E-state index >= 15 is 0 Å². The molecule has 3 rings (SSSR count). The van der Waals surface area contributed by atoms with Crippen molar-refractivity contribution in [1.29, 1.82) is 0 Å². The maximum atomic E-state index is 5.83. The molecule has 0 amide bonds. The van der Waals surface area contributed by atoms with Crippen LogP contribution in [0.1, 0.15) is 26.7 Å². The quantitative estimate of drug-likeness (QED) is 0.753. The van der Waals surface area contributed by atoms with Gasteiger partial charge in [0.15, 0.2) is 0 Å². The maximum Gasteiger partial charge on any atom is 0.0664 e. The molecular weight excluding hydrogens is 234 g/mol. The Morgan fingerprint density at radius 1 is 1.21 bits per heavy atom. The minimum atomic E-state index is 0.435. The van der Waals surface area contributed by atoms with Crippen LogP contribution in [0.3, 0.4) is 0 Å². The van der Waals surface area contributed by atoms with Gasteiger partial charge in [-0.3, -0.25) is 4.90 Å². The molecule has 0 spiro atoms. The van der Waals surface area contributed by atoms with Crippen LogP contribution in [0, 0.1) is 0 Å². The normalized spacial score (nSPS) is 35.3. The van der Waals surface area contributed by atoms with Crippen molar-refractivity contribution >= 4 is 0 Å². The molecule has 2 nitrogen and oxygen atoms in total. The molecule has 0 saturated carbocycles. The lowest BCUT2D eigenvalue weighted by Gasteiger charge is -2.50. The van der Waals surface area contributed by atoms with Crippen molar-refractivity contribution in [3.8, 4) is 0 Å². The van der Waals surface area contributed by atoms with Crippen LogP contribution in [0.5, 0.6) is 0 Å². The summed E-state index contributed by atoms with van der Waals surface area (Å²) in [5.74, 6) is 0. The predicted molar refractivity (Wildman–Crippen MR) is 79.1 cm³/mol. The van der Waals surface area contributed by atoms with Crippen molar-refractivity contribution in [3.05, 3.63) is 47.6 Å². The van der Waals surface area contributed by atoms with Gasteiger partial charge in [0.1, 0.15) is 0 Å². The third-order valence-electron chi connectivity index (χ3n) is 4.56. The summed E-state index contributed by atoms with van der Waals surface area (Å²) in [6, 6.07) is 1.62. The Morgan fingerprint density at radius 2 is 2.00 bits per heavy atom. The summed E-state index contributed by atoms with van der Waals surface area (Å²) >= 11 is 0. The number of hydrogen-bond donors (Lipinski definition) is 0. The first-order chi connectivity index (χ1) is 9.31. The highest BCUT2D eigenvalue weighted by molar-refractivity contribution is 5.45. The summed E-state index contributed by atoms with van der Waals surface area (Å²) < 4.78 is 5.83. The fraction of sp³-hybridized carbons (Fsp3) is 0.529. The first kappa shape index (κ1) is 12.9. The first-order valence-electron chi connectivity index (χ1n) is 7.41. The smallest absolute Gasteiger partial charge is 0.0664 e. The van der Waals surface area contributed by atoms with Crippen LogP contribution in [0.25, 0.3) is 0 Å². The molecule has 0 aromatic heterocycles. The molecule has 2 heterocycles. The van der Waals surface area contributed by atoms with Crippen molar-refractivity contribution in [1.82, 2.24) is 4.90 Å². The molecular formula is C17H23NO. The second-order valence-electron chi connectivity index (χ2n) is 5.70. The highest BCUT2D eigenvalue weighted by atomic mass is 16.5. The van der Waals surface area contributed by atoms with E-state index in [-0.39, 0.29) is 0 Å². The van der Waals surface area contributed by atoms with Gasteiger partial charge in [-0.15, -0.1) is 0 Å². The minimum absolute atomic E-state index is 0.435. The topological polar surface area (TPSA) is 12.5 Å². The third-order valence-corrected chi connectivity index (χ3v) is 4.56. The Labute approximate surface area is 116 Å². The van der Waals surface area contributed by atoms with Gasteiger partial charge >= 0.3 is 0 Å². The molecule has 2 bridgehead atoms. The van der Waals surface area contributed by atoms with Gasteiger partial charge < -0.3 is 4.74 Å². The lowest BCUT2D eigenvalue weighted by Crippen LogP contribution is -2.59. The van der Waals surface area contributed by atoms with Crippen LogP contribution in [0.4, 0.5) is 0 Å². The molecule has 0 aromatic carbocycles. The predicted octanol–water partition coefficient (Wildman–Crippen LogP) is 3.24. The van der Waals surface area contributed by atoms with Crippen LogP contribution in [0.2, 0.25) is 0 Å².